The van der Waals surface area contributed by atoms with Gasteiger partial charge in [-0.1, -0.05) is 0 Å². The van der Waals surface area contributed by atoms with Crippen LogP contribution in [0.25, 0.3) is 0 Å². The molecule has 0 saturated carbocycles. The van der Waals surface area contributed by atoms with Crippen molar-refractivity contribution in [2.24, 2.45) is 5.41 Å². The third kappa shape index (κ3) is 3.08. The van der Waals surface area contributed by atoms with Crippen LogP contribution in [-0.4, -0.2) is 41.3 Å². The first kappa shape index (κ1) is 18.8. The first-order chi connectivity index (χ1) is 11.4. The number of halogens is 6. The minimum absolute atomic E-state index is 0.00600. The highest BCUT2D eigenvalue weighted by Gasteiger charge is 2.73. The van der Waals surface area contributed by atoms with Crippen LogP contribution in [0.1, 0.15) is 18.1 Å². The third-order valence-corrected chi connectivity index (χ3v) is 3.91. The van der Waals surface area contributed by atoms with Crippen LogP contribution in [0.5, 0.6) is 5.75 Å². The molecule has 0 unspecified atom stereocenters. The molecule has 1 aliphatic rings. The molecule has 2 rings (SSSR count). The lowest BCUT2D eigenvalue weighted by atomic mass is 9.86. The fraction of sp³-hybridized carbons (Fsp3) is 0.500. The highest BCUT2D eigenvalue weighted by atomic mass is 19.4. The summed E-state index contributed by atoms with van der Waals surface area (Å²) in [5, 5.41) is 8.96. The highest BCUT2D eigenvalue weighted by molar-refractivity contribution is 5.84. The summed E-state index contributed by atoms with van der Waals surface area (Å²) in [5.41, 5.74) is -4.53. The number of hydrogen-bond donors (Lipinski definition) is 0. The molecular formula is C14H11F6N3O2. The van der Waals surface area contributed by atoms with E-state index in [1.807, 2.05) is 0 Å². The summed E-state index contributed by atoms with van der Waals surface area (Å²) >= 11 is 0. The number of nitriles is 1. The van der Waals surface area contributed by atoms with Crippen LogP contribution in [0.4, 0.5) is 26.3 Å². The Morgan fingerprint density at radius 1 is 1.24 bits per heavy atom. The van der Waals surface area contributed by atoms with Crippen molar-refractivity contribution in [3.8, 4) is 11.8 Å². The number of hydrogen-bond acceptors (Lipinski definition) is 4. The molecule has 0 bridgehead atoms. The van der Waals surface area contributed by atoms with Gasteiger partial charge in [0.2, 0.25) is 11.3 Å². The molecule has 11 heteroatoms. The van der Waals surface area contributed by atoms with E-state index in [0.29, 0.717) is 4.90 Å². The Morgan fingerprint density at radius 3 is 2.36 bits per heavy atom. The molecule has 1 aliphatic heterocycles. The van der Waals surface area contributed by atoms with Gasteiger partial charge in [0, 0.05) is 18.0 Å². The zero-order valence-electron chi connectivity index (χ0n) is 12.7. The van der Waals surface area contributed by atoms with Crippen LogP contribution in [0.3, 0.4) is 0 Å². The van der Waals surface area contributed by atoms with Gasteiger partial charge in [0.15, 0.2) is 0 Å². The van der Waals surface area contributed by atoms with Gasteiger partial charge in [-0.2, -0.15) is 31.6 Å². The molecule has 1 aromatic heterocycles. The fourth-order valence-electron chi connectivity index (χ4n) is 2.29. The largest absolute Gasteiger partial charge is 0.490 e. The Bertz CT molecular complexity index is 709. The van der Waals surface area contributed by atoms with E-state index < -0.39 is 36.8 Å². The summed E-state index contributed by atoms with van der Waals surface area (Å²) < 4.78 is 83.6. The Hall–Kier alpha value is -2.51. The first-order valence-electron chi connectivity index (χ1n) is 6.86. The van der Waals surface area contributed by atoms with Crippen molar-refractivity contribution < 1.29 is 35.9 Å². The number of fused-ring (bicyclic) bond motifs is 1. The molecule has 0 aromatic carbocycles. The lowest BCUT2D eigenvalue weighted by molar-refractivity contribution is -0.322. The molecule has 0 radical (unpaired) electrons. The zero-order valence-corrected chi connectivity index (χ0v) is 12.7. The van der Waals surface area contributed by atoms with Crippen molar-refractivity contribution in [3.63, 3.8) is 0 Å². The lowest BCUT2D eigenvalue weighted by Gasteiger charge is -2.36. The molecule has 2 heterocycles. The number of nitrogens with zero attached hydrogens (tertiary/aromatic N) is 3. The Morgan fingerprint density at radius 2 is 1.84 bits per heavy atom. The van der Waals surface area contributed by atoms with Gasteiger partial charge in [-0.25, -0.2) is 0 Å². The zero-order chi connectivity index (χ0) is 19.0. The number of pyridine rings is 1. The summed E-state index contributed by atoms with van der Waals surface area (Å²) in [6.07, 6.45) is -9.39. The Kier molecular flexibility index (Phi) is 4.59. The van der Waals surface area contributed by atoms with Gasteiger partial charge in [0.25, 0.3) is 0 Å². The average molecular weight is 367 g/mol. The molecule has 1 aromatic rings. The second kappa shape index (κ2) is 6.09. The smallest absolute Gasteiger partial charge is 0.411 e. The van der Waals surface area contributed by atoms with Gasteiger partial charge in [0.1, 0.15) is 24.0 Å². The number of rotatable bonds is 1. The number of amides is 1. The second-order valence-corrected chi connectivity index (χ2v) is 5.48. The molecule has 0 fully saturated rings. The SMILES string of the molecule is CC(C(=O)N1CCOc2c(C#N)cncc2C1)(C(F)(F)F)C(F)(F)F. The first-order valence-corrected chi connectivity index (χ1v) is 6.86. The topological polar surface area (TPSA) is 66.2 Å². The van der Waals surface area contributed by atoms with E-state index in [-0.39, 0.29) is 30.4 Å². The number of carbonyl (C=O) groups excluding carboxylic acids is 1. The monoisotopic (exact) mass is 367 g/mol. The maximum Gasteiger partial charge on any atom is 0.411 e. The fourth-order valence-corrected chi connectivity index (χ4v) is 2.29. The normalized spacial score (nSPS) is 15.7. The van der Waals surface area contributed by atoms with Crippen molar-refractivity contribution in [1.29, 1.82) is 5.26 Å². The average Bonchev–Trinajstić information content (AvgIpc) is 2.73. The quantitative estimate of drug-likeness (QED) is 0.716. The molecular weight excluding hydrogens is 356 g/mol. The van der Waals surface area contributed by atoms with Crippen molar-refractivity contribution in [1.82, 2.24) is 9.88 Å². The lowest BCUT2D eigenvalue weighted by Crippen LogP contribution is -2.58. The van der Waals surface area contributed by atoms with Gasteiger partial charge in [0.05, 0.1) is 13.1 Å². The molecule has 136 valence electrons. The van der Waals surface area contributed by atoms with Crippen molar-refractivity contribution in [2.45, 2.75) is 25.8 Å². The van der Waals surface area contributed by atoms with Gasteiger partial charge in [-0.3, -0.25) is 9.78 Å². The molecule has 0 aliphatic carbocycles. The van der Waals surface area contributed by atoms with Crippen LogP contribution in [-0.2, 0) is 11.3 Å². The van der Waals surface area contributed by atoms with Crippen LogP contribution in [0.2, 0.25) is 0 Å². The van der Waals surface area contributed by atoms with E-state index in [1.54, 1.807) is 6.07 Å². The summed E-state index contributed by atoms with van der Waals surface area (Å²) in [6, 6.07) is 1.75. The molecule has 0 N–H and O–H groups in total. The van der Waals surface area contributed by atoms with E-state index >= 15 is 0 Å². The second-order valence-electron chi connectivity index (χ2n) is 5.48. The van der Waals surface area contributed by atoms with Gasteiger partial charge < -0.3 is 9.64 Å². The Balaban J connectivity index is 2.44. The van der Waals surface area contributed by atoms with Gasteiger partial charge in [-0.05, 0) is 6.92 Å². The summed E-state index contributed by atoms with van der Waals surface area (Å²) in [4.78, 5) is 16.3. The van der Waals surface area contributed by atoms with E-state index in [0.717, 1.165) is 12.4 Å². The van der Waals surface area contributed by atoms with E-state index in [2.05, 4.69) is 4.98 Å². The van der Waals surface area contributed by atoms with Crippen LogP contribution >= 0.6 is 0 Å². The van der Waals surface area contributed by atoms with E-state index in [1.165, 1.54) is 0 Å². The van der Waals surface area contributed by atoms with Crippen LogP contribution < -0.4 is 4.74 Å². The minimum Gasteiger partial charge on any atom is -0.490 e. The number of ether oxygens (including phenoxy) is 1. The molecule has 0 atom stereocenters. The summed E-state index contributed by atoms with van der Waals surface area (Å²) in [6.45, 7) is -1.63. The molecule has 25 heavy (non-hydrogen) atoms. The minimum atomic E-state index is -5.83. The van der Waals surface area contributed by atoms with Crippen molar-refractivity contribution >= 4 is 5.91 Å². The Labute approximate surface area is 137 Å². The van der Waals surface area contributed by atoms with Crippen LogP contribution in [0, 0.1) is 16.7 Å². The summed E-state index contributed by atoms with van der Waals surface area (Å²) in [5.74, 6) is -2.14. The van der Waals surface area contributed by atoms with Gasteiger partial charge in [-0.15, -0.1) is 0 Å². The number of aromatic nitrogens is 1. The maximum absolute atomic E-state index is 13.1. The van der Waals surface area contributed by atoms with Crippen molar-refractivity contribution in [2.75, 3.05) is 13.2 Å². The molecule has 1 amide bonds. The molecule has 0 spiro atoms. The summed E-state index contributed by atoms with van der Waals surface area (Å²) in [7, 11) is 0. The van der Waals surface area contributed by atoms with Crippen LogP contribution in [0.15, 0.2) is 12.4 Å². The predicted octanol–water partition coefficient (Wildman–Crippen LogP) is 2.81. The van der Waals surface area contributed by atoms with Gasteiger partial charge >= 0.3 is 12.4 Å². The molecule has 5 nitrogen and oxygen atoms in total. The standard InChI is InChI=1S/C14H11F6N3O2/c1-12(13(15,16)17,14(18,19)20)11(24)23-2-3-25-10-8(4-21)5-22-6-9(10)7-23/h5-6H,2-3,7H2,1H3. The number of alkyl halides is 6. The van der Waals surface area contributed by atoms with E-state index in [4.69, 9.17) is 10.00 Å². The third-order valence-electron chi connectivity index (χ3n) is 3.91. The number of carbonyl (C=O) groups is 1. The highest BCUT2D eigenvalue weighted by Crippen LogP contribution is 2.51. The molecule has 0 saturated heterocycles. The van der Waals surface area contributed by atoms with E-state index in [9.17, 15) is 31.1 Å². The predicted molar refractivity (Wildman–Crippen MR) is 70.1 cm³/mol. The maximum atomic E-state index is 13.1. The van der Waals surface area contributed by atoms with Crippen molar-refractivity contribution in [3.05, 3.63) is 23.5 Å².